The summed E-state index contributed by atoms with van der Waals surface area (Å²) < 4.78 is 13.1. The molecule has 2 amide bonds. The predicted molar refractivity (Wildman–Crippen MR) is 111 cm³/mol. The molecule has 1 fully saturated rings. The van der Waals surface area contributed by atoms with Crippen molar-refractivity contribution in [3.8, 4) is 11.3 Å². The third-order valence-electron chi connectivity index (χ3n) is 5.56. The summed E-state index contributed by atoms with van der Waals surface area (Å²) in [7, 11) is 0. The number of carbonyl (C=O) groups excluding carboxylic acids is 1. The van der Waals surface area contributed by atoms with E-state index in [0.717, 1.165) is 27.2 Å². The van der Waals surface area contributed by atoms with Crippen LogP contribution in [0.25, 0.3) is 21.5 Å². The van der Waals surface area contributed by atoms with E-state index in [2.05, 4.69) is 27.0 Å². The highest BCUT2D eigenvalue weighted by Gasteiger charge is 2.33. The van der Waals surface area contributed by atoms with E-state index in [-0.39, 0.29) is 24.3 Å². The Morgan fingerprint density at radius 1 is 1.17 bits per heavy atom. The van der Waals surface area contributed by atoms with Gasteiger partial charge in [0.25, 0.3) is 0 Å². The molecule has 3 atom stereocenters. The van der Waals surface area contributed by atoms with E-state index >= 15 is 0 Å². The molecule has 2 aliphatic heterocycles. The molecule has 0 unspecified atom stereocenters. The fourth-order valence-electron chi connectivity index (χ4n) is 4.38. The molecule has 0 N–H and O–H groups in total. The van der Waals surface area contributed by atoms with E-state index in [1.54, 1.807) is 12.4 Å². The Bertz CT molecular complexity index is 1050. The molecule has 5 rings (SSSR count). The molecular formula is C20H24N6O2S. The van der Waals surface area contributed by atoms with Gasteiger partial charge in [0.1, 0.15) is 5.52 Å². The predicted octanol–water partition coefficient (Wildman–Crippen LogP) is 3.16. The van der Waals surface area contributed by atoms with Crippen LogP contribution in [0.1, 0.15) is 32.5 Å². The van der Waals surface area contributed by atoms with E-state index in [1.807, 2.05) is 29.7 Å². The molecular weight excluding hydrogens is 388 g/mol. The van der Waals surface area contributed by atoms with Crippen LogP contribution in [0.2, 0.25) is 0 Å². The molecule has 8 nitrogen and oxygen atoms in total. The van der Waals surface area contributed by atoms with Gasteiger partial charge in [-0.3, -0.25) is 9.67 Å². The van der Waals surface area contributed by atoms with Crippen molar-refractivity contribution >= 4 is 27.8 Å². The number of hydrogen-bond donors (Lipinski definition) is 0. The van der Waals surface area contributed by atoms with Crippen LogP contribution in [-0.4, -0.2) is 66.8 Å². The maximum atomic E-state index is 13.2. The van der Waals surface area contributed by atoms with Gasteiger partial charge in [-0.25, -0.2) is 4.79 Å². The molecule has 152 valence electrons. The van der Waals surface area contributed by atoms with Gasteiger partial charge in [0.2, 0.25) is 0 Å². The number of urea groups is 1. The highest BCUT2D eigenvalue weighted by atomic mass is 32.1. The normalized spacial score (nSPS) is 24.7. The Kier molecular flexibility index (Phi) is 4.51. The van der Waals surface area contributed by atoms with Crippen molar-refractivity contribution in [2.75, 3.05) is 19.6 Å². The Morgan fingerprint density at radius 3 is 2.76 bits per heavy atom. The van der Waals surface area contributed by atoms with Gasteiger partial charge >= 0.3 is 6.03 Å². The van der Waals surface area contributed by atoms with Crippen molar-refractivity contribution in [2.24, 2.45) is 0 Å². The van der Waals surface area contributed by atoms with E-state index in [1.165, 1.54) is 11.5 Å². The smallest absolute Gasteiger partial charge is 0.320 e. The van der Waals surface area contributed by atoms with Gasteiger partial charge in [0, 0.05) is 31.4 Å². The zero-order valence-electron chi connectivity index (χ0n) is 16.8. The first kappa shape index (κ1) is 18.5. The molecule has 2 aliphatic rings. The summed E-state index contributed by atoms with van der Waals surface area (Å²) in [6.45, 7) is 8.64. The lowest BCUT2D eigenvalue weighted by molar-refractivity contribution is -0.0591. The third kappa shape index (κ3) is 3.28. The second kappa shape index (κ2) is 7.07. The first-order valence-corrected chi connectivity index (χ1v) is 10.7. The molecule has 0 saturated carbocycles. The zero-order valence-corrected chi connectivity index (χ0v) is 17.6. The summed E-state index contributed by atoms with van der Waals surface area (Å²) in [6.07, 6.45) is 3.71. The fraction of sp³-hybridized carbons (Fsp3) is 0.500. The lowest BCUT2D eigenvalue weighted by atomic mass is 10.1. The Labute approximate surface area is 173 Å². The van der Waals surface area contributed by atoms with Crippen LogP contribution in [-0.2, 0) is 11.3 Å². The van der Waals surface area contributed by atoms with Gasteiger partial charge in [-0.15, -0.1) is 0 Å². The molecule has 3 aromatic rings. The summed E-state index contributed by atoms with van der Waals surface area (Å²) in [4.78, 5) is 21.4. The van der Waals surface area contributed by atoms with Crippen LogP contribution in [0.15, 0.2) is 24.5 Å². The van der Waals surface area contributed by atoms with Gasteiger partial charge in [-0.2, -0.15) is 9.47 Å². The quantitative estimate of drug-likeness (QED) is 0.614. The highest BCUT2D eigenvalue weighted by Crippen LogP contribution is 2.32. The van der Waals surface area contributed by atoms with Crippen LogP contribution >= 0.6 is 11.5 Å². The van der Waals surface area contributed by atoms with Gasteiger partial charge < -0.3 is 14.5 Å². The van der Waals surface area contributed by atoms with Crippen LogP contribution in [0.3, 0.4) is 0 Å². The lowest BCUT2D eigenvalue weighted by Crippen LogP contribution is -2.54. The lowest BCUT2D eigenvalue weighted by Gasteiger charge is -2.40. The summed E-state index contributed by atoms with van der Waals surface area (Å²) in [5.41, 5.74) is 3.89. The monoisotopic (exact) mass is 412 g/mol. The maximum Gasteiger partial charge on any atom is 0.320 e. The Morgan fingerprint density at radius 2 is 1.97 bits per heavy atom. The zero-order chi connectivity index (χ0) is 20.1. The second-order valence-electron chi connectivity index (χ2n) is 8.04. The van der Waals surface area contributed by atoms with E-state index in [0.29, 0.717) is 26.2 Å². The number of fused-ring (bicyclic) bond motifs is 2. The van der Waals surface area contributed by atoms with E-state index in [9.17, 15) is 4.79 Å². The van der Waals surface area contributed by atoms with Crippen LogP contribution in [0.4, 0.5) is 4.79 Å². The fourth-order valence-corrected chi connectivity index (χ4v) is 5.11. The maximum absolute atomic E-state index is 13.2. The van der Waals surface area contributed by atoms with Crippen LogP contribution in [0, 0.1) is 0 Å². The molecule has 0 radical (unpaired) electrons. The van der Waals surface area contributed by atoms with Crippen LogP contribution < -0.4 is 0 Å². The minimum atomic E-state index is 0.0653. The molecule has 0 aliphatic carbocycles. The molecule has 3 aromatic heterocycles. The number of amides is 2. The number of pyridine rings is 1. The average molecular weight is 413 g/mol. The minimum absolute atomic E-state index is 0.0653. The number of hydrogen-bond acceptors (Lipinski definition) is 6. The molecule has 0 aromatic carbocycles. The first-order chi connectivity index (χ1) is 14.0. The third-order valence-corrected chi connectivity index (χ3v) is 6.38. The summed E-state index contributed by atoms with van der Waals surface area (Å²) in [6, 6.07) is 4.28. The molecule has 0 spiro atoms. The van der Waals surface area contributed by atoms with Crippen molar-refractivity contribution in [3.63, 3.8) is 0 Å². The minimum Gasteiger partial charge on any atom is -0.372 e. The molecule has 5 heterocycles. The number of rotatable bonds is 1. The summed E-state index contributed by atoms with van der Waals surface area (Å²) in [5.74, 6) is 0. The van der Waals surface area contributed by atoms with Crippen molar-refractivity contribution in [3.05, 3.63) is 30.2 Å². The van der Waals surface area contributed by atoms with Crippen LogP contribution in [0.5, 0.6) is 0 Å². The number of nitrogens with zero attached hydrogens (tertiary/aromatic N) is 6. The molecule has 29 heavy (non-hydrogen) atoms. The number of aromatic nitrogens is 4. The van der Waals surface area contributed by atoms with E-state index in [4.69, 9.17) is 9.84 Å². The van der Waals surface area contributed by atoms with Gasteiger partial charge in [0.05, 0.1) is 47.1 Å². The topological polar surface area (TPSA) is 76.4 Å². The second-order valence-corrected chi connectivity index (χ2v) is 8.84. The van der Waals surface area contributed by atoms with Gasteiger partial charge in [-0.1, -0.05) is 0 Å². The largest absolute Gasteiger partial charge is 0.372 e. The standard InChI is InChI=1S/C20H24N6O2S/c1-12-8-24(20(27)25-9-13(2)28-14(3)10-25)11-15-6-17(23-26(12)15)16-4-5-21-18-7-22-29-19(16)18/h4-7,12-14H,8-11H2,1-3H3/t12-,13-,14+/m0/s1. The molecule has 9 heteroatoms. The first-order valence-electron chi connectivity index (χ1n) is 9.97. The van der Waals surface area contributed by atoms with Crippen molar-refractivity contribution in [2.45, 2.75) is 45.6 Å². The van der Waals surface area contributed by atoms with Crippen molar-refractivity contribution in [1.29, 1.82) is 0 Å². The van der Waals surface area contributed by atoms with E-state index < -0.39 is 0 Å². The summed E-state index contributed by atoms with van der Waals surface area (Å²) in [5, 5.41) is 4.86. The highest BCUT2D eigenvalue weighted by molar-refractivity contribution is 7.13. The van der Waals surface area contributed by atoms with Crippen molar-refractivity contribution in [1.82, 2.24) is 28.9 Å². The van der Waals surface area contributed by atoms with Gasteiger partial charge in [0.15, 0.2) is 0 Å². The molecule has 1 saturated heterocycles. The van der Waals surface area contributed by atoms with Gasteiger partial charge in [-0.05, 0) is 44.4 Å². The molecule has 0 bridgehead atoms. The van der Waals surface area contributed by atoms with Crippen molar-refractivity contribution < 1.29 is 9.53 Å². The Hall–Kier alpha value is -2.52. The number of ether oxygens (including phenoxy) is 1. The SMILES string of the molecule is C[C@@H]1CN(C(=O)N2Cc3cc(-c4ccnc5cnsc45)nn3[C@@H](C)C2)C[C@H](C)O1. The number of morpholine rings is 1. The average Bonchev–Trinajstić information content (AvgIpc) is 3.33. The summed E-state index contributed by atoms with van der Waals surface area (Å²) >= 11 is 1.44. The Balaban J connectivity index is 1.42. The number of carbonyl (C=O) groups is 1.